The molecule has 0 aliphatic heterocycles. The smallest absolute Gasteiger partial charge is 0.339 e. The molecule has 0 amide bonds. The maximum atomic E-state index is 12.4. The lowest BCUT2D eigenvalue weighted by Crippen LogP contribution is -2.22. The summed E-state index contributed by atoms with van der Waals surface area (Å²) in [5.41, 5.74) is 1.75. The van der Waals surface area contributed by atoms with E-state index >= 15 is 0 Å². The molecule has 0 bridgehead atoms. The predicted octanol–water partition coefficient (Wildman–Crippen LogP) is 3.43. The molecule has 0 aliphatic rings. The molecule has 0 radical (unpaired) electrons. The highest BCUT2D eigenvalue weighted by Crippen LogP contribution is 2.23. The maximum Gasteiger partial charge on any atom is 0.339 e. The van der Waals surface area contributed by atoms with Gasteiger partial charge in [-0.1, -0.05) is 12.1 Å². The minimum absolute atomic E-state index is 0.0154. The molecule has 7 nitrogen and oxygen atoms in total. The summed E-state index contributed by atoms with van der Waals surface area (Å²) >= 11 is 3.33. The molecular weight excluding hydrogens is 446 g/mol. The highest BCUT2D eigenvalue weighted by Gasteiger charge is 2.20. The zero-order valence-corrected chi connectivity index (χ0v) is 18.1. The van der Waals surface area contributed by atoms with Gasteiger partial charge in [0.15, 0.2) is 0 Å². The second-order valence-electron chi connectivity index (χ2n) is 6.27. The summed E-state index contributed by atoms with van der Waals surface area (Å²) in [6.45, 7) is 2.54. The number of imidazole rings is 1. The standard InChI is InChI=1S/C19H20BrN3O4S/c1-4-23-17-10-9-13(28(25,26)22(2)3)11-16(17)21-18(23)12-27-19(24)14-7-5-6-8-15(14)20/h5-11H,4,12H2,1-3H3. The Morgan fingerprint density at radius 3 is 2.57 bits per heavy atom. The lowest BCUT2D eigenvalue weighted by atomic mass is 10.2. The number of nitrogens with zero attached hydrogens (tertiary/aromatic N) is 3. The summed E-state index contributed by atoms with van der Waals surface area (Å²) in [4.78, 5) is 17.0. The van der Waals surface area contributed by atoms with Crippen molar-refractivity contribution in [2.75, 3.05) is 14.1 Å². The Kier molecular flexibility index (Phi) is 5.87. The lowest BCUT2D eigenvalue weighted by Gasteiger charge is -2.11. The van der Waals surface area contributed by atoms with Crippen molar-refractivity contribution in [3.8, 4) is 0 Å². The number of fused-ring (bicyclic) bond motifs is 1. The molecule has 0 N–H and O–H groups in total. The van der Waals surface area contributed by atoms with Gasteiger partial charge in [0.1, 0.15) is 12.4 Å². The van der Waals surface area contributed by atoms with Gasteiger partial charge in [-0.25, -0.2) is 22.5 Å². The van der Waals surface area contributed by atoms with E-state index in [2.05, 4.69) is 20.9 Å². The number of carbonyl (C=O) groups excluding carboxylic acids is 1. The fourth-order valence-electron chi connectivity index (χ4n) is 2.83. The second kappa shape index (κ2) is 8.02. The number of hydrogen-bond donors (Lipinski definition) is 0. The number of halogens is 1. The van der Waals surface area contributed by atoms with Gasteiger partial charge in [0.2, 0.25) is 10.0 Å². The van der Waals surface area contributed by atoms with Gasteiger partial charge in [-0.05, 0) is 53.2 Å². The maximum absolute atomic E-state index is 12.4. The topological polar surface area (TPSA) is 81.5 Å². The summed E-state index contributed by atoms with van der Waals surface area (Å²) in [5.74, 6) is 0.0929. The fourth-order valence-corrected chi connectivity index (χ4v) is 4.20. The number of esters is 1. The first-order valence-electron chi connectivity index (χ1n) is 8.59. The summed E-state index contributed by atoms with van der Waals surface area (Å²) in [7, 11) is -0.586. The summed E-state index contributed by atoms with van der Waals surface area (Å²) in [6.07, 6.45) is 0. The first-order chi connectivity index (χ1) is 13.3. The Labute approximate surface area is 172 Å². The zero-order chi connectivity index (χ0) is 20.5. The van der Waals surface area contributed by atoms with Crippen LogP contribution in [0.1, 0.15) is 23.1 Å². The zero-order valence-electron chi connectivity index (χ0n) is 15.7. The van der Waals surface area contributed by atoms with Crippen LogP contribution in [0, 0.1) is 0 Å². The van der Waals surface area contributed by atoms with E-state index in [1.165, 1.54) is 20.2 Å². The van der Waals surface area contributed by atoms with Gasteiger partial charge >= 0.3 is 5.97 Å². The Morgan fingerprint density at radius 2 is 1.93 bits per heavy atom. The molecule has 9 heteroatoms. The molecule has 28 heavy (non-hydrogen) atoms. The van der Waals surface area contributed by atoms with Crippen molar-refractivity contribution in [2.24, 2.45) is 0 Å². The fraction of sp³-hybridized carbons (Fsp3) is 0.263. The van der Waals surface area contributed by atoms with Crippen LogP contribution in [0.25, 0.3) is 11.0 Å². The molecule has 1 heterocycles. The molecule has 148 valence electrons. The van der Waals surface area contributed by atoms with Crippen LogP contribution in [0.2, 0.25) is 0 Å². The van der Waals surface area contributed by atoms with Gasteiger partial charge in [-0.2, -0.15) is 0 Å². The molecule has 0 fully saturated rings. The molecule has 0 saturated heterocycles. The molecule has 3 rings (SSSR count). The van der Waals surface area contributed by atoms with Gasteiger partial charge in [0, 0.05) is 25.1 Å². The highest BCUT2D eigenvalue weighted by molar-refractivity contribution is 9.10. The average molecular weight is 466 g/mol. The van der Waals surface area contributed by atoms with Crippen LogP contribution in [-0.4, -0.2) is 42.3 Å². The number of ether oxygens (including phenoxy) is 1. The third-order valence-corrected chi connectivity index (χ3v) is 6.82. The SMILES string of the molecule is CCn1c(COC(=O)c2ccccc2Br)nc2cc(S(=O)(=O)N(C)C)ccc21. The van der Waals surface area contributed by atoms with Gasteiger partial charge < -0.3 is 9.30 Å². The molecule has 0 spiro atoms. The van der Waals surface area contributed by atoms with E-state index in [4.69, 9.17) is 4.74 Å². The number of carbonyl (C=O) groups is 1. The van der Waals surface area contributed by atoms with Crippen molar-refractivity contribution in [3.63, 3.8) is 0 Å². The Balaban J connectivity index is 1.91. The average Bonchev–Trinajstić information content (AvgIpc) is 3.02. The Hall–Kier alpha value is -2.23. The quantitative estimate of drug-likeness (QED) is 0.520. The number of aromatic nitrogens is 2. The van der Waals surface area contributed by atoms with Crippen LogP contribution in [-0.2, 0) is 27.9 Å². The largest absolute Gasteiger partial charge is 0.454 e. The normalized spacial score (nSPS) is 11.9. The first-order valence-corrected chi connectivity index (χ1v) is 10.8. The predicted molar refractivity (Wildman–Crippen MR) is 110 cm³/mol. The number of rotatable bonds is 6. The summed E-state index contributed by atoms with van der Waals surface area (Å²) in [5, 5.41) is 0. The van der Waals surface area contributed by atoms with Gasteiger partial charge in [-0.15, -0.1) is 0 Å². The van der Waals surface area contributed by atoms with Crippen molar-refractivity contribution in [2.45, 2.75) is 25.0 Å². The third kappa shape index (κ3) is 3.82. The first kappa shape index (κ1) is 20.5. The van der Waals surface area contributed by atoms with Crippen LogP contribution in [0.5, 0.6) is 0 Å². The number of hydrogen-bond acceptors (Lipinski definition) is 5. The van der Waals surface area contributed by atoms with E-state index in [9.17, 15) is 13.2 Å². The number of sulfonamides is 1. The number of aryl methyl sites for hydroxylation is 1. The van der Waals surface area contributed by atoms with Crippen LogP contribution < -0.4 is 0 Å². The monoisotopic (exact) mass is 465 g/mol. The van der Waals surface area contributed by atoms with Crippen molar-refractivity contribution >= 4 is 43.0 Å². The van der Waals surface area contributed by atoms with Crippen molar-refractivity contribution in [3.05, 3.63) is 58.3 Å². The highest BCUT2D eigenvalue weighted by atomic mass is 79.9. The van der Waals surface area contributed by atoms with Gasteiger partial charge in [0.05, 0.1) is 21.5 Å². The van der Waals surface area contributed by atoms with E-state index in [0.717, 1.165) is 9.82 Å². The van der Waals surface area contributed by atoms with Crippen molar-refractivity contribution in [1.29, 1.82) is 0 Å². The molecule has 2 aromatic carbocycles. The Morgan fingerprint density at radius 1 is 1.21 bits per heavy atom. The molecule has 3 aromatic rings. The lowest BCUT2D eigenvalue weighted by molar-refractivity contribution is 0.0457. The van der Waals surface area contributed by atoms with Crippen LogP contribution in [0.4, 0.5) is 0 Å². The van der Waals surface area contributed by atoms with E-state index < -0.39 is 16.0 Å². The molecule has 0 saturated carbocycles. The third-order valence-electron chi connectivity index (χ3n) is 4.32. The van der Waals surface area contributed by atoms with E-state index in [1.54, 1.807) is 30.3 Å². The van der Waals surface area contributed by atoms with E-state index in [-0.39, 0.29) is 11.5 Å². The van der Waals surface area contributed by atoms with Crippen molar-refractivity contribution in [1.82, 2.24) is 13.9 Å². The van der Waals surface area contributed by atoms with Crippen LogP contribution in [0.15, 0.2) is 51.8 Å². The minimum atomic E-state index is -3.55. The Bertz CT molecular complexity index is 1140. The van der Waals surface area contributed by atoms with Crippen molar-refractivity contribution < 1.29 is 17.9 Å². The van der Waals surface area contributed by atoms with E-state index in [1.807, 2.05) is 17.6 Å². The summed E-state index contributed by atoms with van der Waals surface area (Å²) < 4.78 is 33.9. The molecular formula is C19H20BrN3O4S. The van der Waals surface area contributed by atoms with Crippen LogP contribution in [0.3, 0.4) is 0 Å². The molecule has 0 atom stereocenters. The molecule has 1 aromatic heterocycles. The molecule has 0 aliphatic carbocycles. The minimum Gasteiger partial charge on any atom is -0.454 e. The number of benzene rings is 2. The van der Waals surface area contributed by atoms with Gasteiger partial charge in [-0.3, -0.25) is 0 Å². The second-order valence-corrected chi connectivity index (χ2v) is 9.27. The van der Waals surface area contributed by atoms with E-state index in [0.29, 0.717) is 27.9 Å². The summed E-state index contributed by atoms with van der Waals surface area (Å²) in [6, 6.07) is 11.8. The van der Waals surface area contributed by atoms with Crippen LogP contribution >= 0.6 is 15.9 Å². The van der Waals surface area contributed by atoms with Gasteiger partial charge in [0.25, 0.3) is 0 Å². The molecule has 0 unspecified atom stereocenters.